The van der Waals surface area contributed by atoms with Crippen molar-refractivity contribution in [2.45, 2.75) is 46.0 Å². The summed E-state index contributed by atoms with van der Waals surface area (Å²) in [6.45, 7) is 8.50. The lowest BCUT2D eigenvalue weighted by Gasteiger charge is -2.30. The van der Waals surface area contributed by atoms with E-state index in [-0.39, 0.29) is 17.8 Å². The maximum atomic E-state index is 12.2. The van der Waals surface area contributed by atoms with Crippen LogP contribution < -0.4 is 5.32 Å². The Hall–Kier alpha value is -1.88. The molecule has 1 aromatic rings. The minimum atomic E-state index is -0.104. The summed E-state index contributed by atoms with van der Waals surface area (Å²) in [7, 11) is 0. The van der Waals surface area contributed by atoms with Crippen LogP contribution in [0.2, 0.25) is 0 Å². The van der Waals surface area contributed by atoms with Crippen LogP contribution in [0.4, 0.5) is 5.69 Å². The third-order valence-corrected chi connectivity index (χ3v) is 4.95. The number of nitrogens with one attached hydrogen (secondary N) is 1. The van der Waals surface area contributed by atoms with Crippen molar-refractivity contribution in [3.8, 4) is 0 Å². The standard InChI is InChI=1S/C20H30N2O3/c1-4-15(3)16-6-8-18(9-7-16)21-19(23)14-22-12-10-17(11-13-22)20(24)25-5-2/h6-9,15,17H,4-5,10-14H2,1-3H3,(H,21,23)/t15-/m1/s1. The number of carbonyl (C=O) groups excluding carboxylic acids is 2. The smallest absolute Gasteiger partial charge is 0.309 e. The first-order chi connectivity index (χ1) is 12.0. The first kappa shape index (κ1) is 19.4. The summed E-state index contributed by atoms with van der Waals surface area (Å²) in [6, 6.07) is 8.09. The monoisotopic (exact) mass is 346 g/mol. The van der Waals surface area contributed by atoms with Crippen LogP contribution in [-0.2, 0) is 14.3 Å². The fourth-order valence-electron chi connectivity index (χ4n) is 3.12. The highest BCUT2D eigenvalue weighted by Gasteiger charge is 2.26. The van der Waals surface area contributed by atoms with Crippen LogP contribution in [0.1, 0.15) is 51.5 Å². The lowest BCUT2D eigenvalue weighted by atomic mass is 9.97. The number of esters is 1. The van der Waals surface area contributed by atoms with Gasteiger partial charge < -0.3 is 10.1 Å². The Morgan fingerprint density at radius 1 is 1.20 bits per heavy atom. The van der Waals surface area contributed by atoms with E-state index in [9.17, 15) is 9.59 Å². The summed E-state index contributed by atoms with van der Waals surface area (Å²) in [5.41, 5.74) is 2.12. The molecule has 25 heavy (non-hydrogen) atoms. The number of piperidine rings is 1. The van der Waals surface area contributed by atoms with Crippen molar-refractivity contribution in [3.05, 3.63) is 29.8 Å². The van der Waals surface area contributed by atoms with Gasteiger partial charge in [0.1, 0.15) is 0 Å². The highest BCUT2D eigenvalue weighted by molar-refractivity contribution is 5.92. The van der Waals surface area contributed by atoms with E-state index >= 15 is 0 Å². The van der Waals surface area contributed by atoms with E-state index in [1.807, 2.05) is 19.1 Å². The fourth-order valence-corrected chi connectivity index (χ4v) is 3.12. The van der Waals surface area contributed by atoms with Gasteiger partial charge in [-0.25, -0.2) is 0 Å². The van der Waals surface area contributed by atoms with Crippen molar-refractivity contribution in [3.63, 3.8) is 0 Å². The number of anilines is 1. The average molecular weight is 346 g/mol. The second kappa shape index (κ2) is 9.56. The Bertz CT molecular complexity index is 563. The van der Waals surface area contributed by atoms with Crippen molar-refractivity contribution in [1.29, 1.82) is 0 Å². The van der Waals surface area contributed by atoms with Crippen molar-refractivity contribution in [1.82, 2.24) is 4.90 Å². The Morgan fingerprint density at radius 3 is 2.40 bits per heavy atom. The second-order valence-electron chi connectivity index (χ2n) is 6.78. The molecule has 1 aliphatic heterocycles. The molecule has 138 valence electrons. The zero-order valence-electron chi connectivity index (χ0n) is 15.6. The molecular weight excluding hydrogens is 316 g/mol. The molecule has 0 saturated carbocycles. The van der Waals surface area contributed by atoms with Gasteiger partial charge in [-0.15, -0.1) is 0 Å². The molecule has 1 fully saturated rings. The first-order valence-corrected chi connectivity index (χ1v) is 9.32. The largest absolute Gasteiger partial charge is 0.466 e. The Morgan fingerprint density at radius 2 is 1.84 bits per heavy atom. The van der Waals surface area contributed by atoms with Gasteiger partial charge in [-0.05, 0) is 62.9 Å². The van der Waals surface area contributed by atoms with Crippen LogP contribution in [-0.4, -0.2) is 43.0 Å². The number of benzene rings is 1. The number of ether oxygens (including phenoxy) is 1. The molecule has 1 N–H and O–H groups in total. The van der Waals surface area contributed by atoms with Crippen molar-refractivity contribution >= 4 is 17.6 Å². The number of rotatable bonds is 7. The van der Waals surface area contributed by atoms with Crippen molar-refractivity contribution < 1.29 is 14.3 Å². The Labute approximate surface area is 150 Å². The molecule has 2 rings (SSSR count). The maximum Gasteiger partial charge on any atom is 0.309 e. The summed E-state index contributed by atoms with van der Waals surface area (Å²) in [5.74, 6) is 0.400. The zero-order valence-corrected chi connectivity index (χ0v) is 15.6. The van der Waals surface area contributed by atoms with Crippen LogP contribution in [0.15, 0.2) is 24.3 Å². The molecule has 0 radical (unpaired) electrons. The average Bonchev–Trinajstić information content (AvgIpc) is 2.62. The van der Waals surface area contributed by atoms with Gasteiger partial charge in [-0.1, -0.05) is 26.0 Å². The molecule has 5 nitrogen and oxygen atoms in total. The predicted octanol–water partition coefficient (Wildman–Crippen LogP) is 3.41. The van der Waals surface area contributed by atoms with Crippen LogP contribution in [0, 0.1) is 5.92 Å². The normalized spacial score (nSPS) is 17.1. The Balaban J connectivity index is 1.76. The molecule has 0 spiro atoms. The molecule has 1 saturated heterocycles. The molecule has 1 atom stereocenters. The number of hydrogen-bond acceptors (Lipinski definition) is 4. The summed E-state index contributed by atoms with van der Waals surface area (Å²) >= 11 is 0. The highest BCUT2D eigenvalue weighted by Crippen LogP contribution is 2.21. The lowest BCUT2D eigenvalue weighted by molar-refractivity contribution is -0.149. The zero-order chi connectivity index (χ0) is 18.2. The minimum Gasteiger partial charge on any atom is -0.466 e. The molecule has 1 aliphatic rings. The summed E-state index contributed by atoms with van der Waals surface area (Å²) in [4.78, 5) is 26.1. The van der Waals surface area contributed by atoms with Gasteiger partial charge in [0.15, 0.2) is 0 Å². The van der Waals surface area contributed by atoms with E-state index in [0.717, 1.165) is 38.0 Å². The molecule has 1 heterocycles. The maximum absolute atomic E-state index is 12.2. The lowest BCUT2D eigenvalue weighted by Crippen LogP contribution is -2.41. The van der Waals surface area contributed by atoms with Gasteiger partial charge in [0, 0.05) is 5.69 Å². The topological polar surface area (TPSA) is 58.6 Å². The summed E-state index contributed by atoms with van der Waals surface area (Å²) in [5, 5.41) is 2.96. The van der Waals surface area contributed by atoms with Gasteiger partial charge in [0.25, 0.3) is 0 Å². The van der Waals surface area contributed by atoms with Gasteiger partial charge in [-0.3, -0.25) is 14.5 Å². The van der Waals surface area contributed by atoms with E-state index in [4.69, 9.17) is 4.74 Å². The van der Waals surface area contributed by atoms with Crippen LogP contribution >= 0.6 is 0 Å². The van der Waals surface area contributed by atoms with Crippen molar-refractivity contribution in [2.75, 3.05) is 31.6 Å². The number of amides is 1. The van der Waals surface area contributed by atoms with Gasteiger partial charge >= 0.3 is 5.97 Å². The SMILES string of the molecule is CCOC(=O)C1CCN(CC(=O)Nc2ccc([C@H](C)CC)cc2)CC1. The number of nitrogens with zero attached hydrogens (tertiary/aromatic N) is 1. The van der Waals surface area contributed by atoms with E-state index in [0.29, 0.717) is 19.1 Å². The highest BCUT2D eigenvalue weighted by atomic mass is 16.5. The third-order valence-electron chi connectivity index (χ3n) is 4.95. The third kappa shape index (κ3) is 5.85. The molecule has 0 aromatic heterocycles. The molecule has 1 aromatic carbocycles. The van der Waals surface area contributed by atoms with E-state index < -0.39 is 0 Å². The fraction of sp³-hybridized carbons (Fsp3) is 0.600. The summed E-state index contributed by atoms with van der Waals surface area (Å²) in [6.07, 6.45) is 2.62. The van der Waals surface area contributed by atoms with Gasteiger partial charge in [0.2, 0.25) is 5.91 Å². The van der Waals surface area contributed by atoms with Gasteiger partial charge in [-0.2, -0.15) is 0 Å². The molecule has 1 amide bonds. The molecule has 0 aliphatic carbocycles. The Kier molecular flexibility index (Phi) is 7.44. The molecule has 0 unspecified atom stereocenters. The number of carbonyl (C=O) groups is 2. The quantitative estimate of drug-likeness (QED) is 0.769. The number of hydrogen-bond donors (Lipinski definition) is 1. The first-order valence-electron chi connectivity index (χ1n) is 9.32. The van der Waals surface area contributed by atoms with Crippen LogP contribution in [0.25, 0.3) is 0 Å². The molecule has 0 bridgehead atoms. The summed E-state index contributed by atoms with van der Waals surface area (Å²) < 4.78 is 5.07. The minimum absolute atomic E-state index is 0.00845. The predicted molar refractivity (Wildman–Crippen MR) is 99.6 cm³/mol. The number of likely N-dealkylation sites (tertiary alicyclic amines) is 1. The van der Waals surface area contributed by atoms with Crippen LogP contribution in [0.3, 0.4) is 0 Å². The van der Waals surface area contributed by atoms with Crippen LogP contribution in [0.5, 0.6) is 0 Å². The van der Waals surface area contributed by atoms with E-state index in [2.05, 4.69) is 36.2 Å². The van der Waals surface area contributed by atoms with E-state index in [1.54, 1.807) is 0 Å². The molecule has 5 heteroatoms. The van der Waals surface area contributed by atoms with Gasteiger partial charge in [0.05, 0.1) is 19.1 Å². The molecular formula is C20H30N2O3. The van der Waals surface area contributed by atoms with E-state index in [1.165, 1.54) is 5.56 Å². The van der Waals surface area contributed by atoms with Crippen molar-refractivity contribution in [2.24, 2.45) is 5.92 Å². The second-order valence-corrected chi connectivity index (χ2v) is 6.78.